The molecule has 29 heavy (non-hydrogen) atoms. The molecule has 1 amide bonds. The minimum Gasteiger partial charge on any atom is -0.319 e. The SMILES string of the molecule is Cc1ccccc1-c1nn(-c2ccccc2)cc1C(=O)Nc1cc(F)ccc1F. The maximum atomic E-state index is 14.0. The third-order valence-electron chi connectivity index (χ3n) is 4.56. The number of carbonyl (C=O) groups excluding carboxylic acids is 1. The quantitative estimate of drug-likeness (QED) is 0.509. The van der Waals surface area contributed by atoms with Gasteiger partial charge in [-0.2, -0.15) is 5.10 Å². The molecule has 4 nitrogen and oxygen atoms in total. The summed E-state index contributed by atoms with van der Waals surface area (Å²) in [4.78, 5) is 13.0. The van der Waals surface area contributed by atoms with Crippen molar-refractivity contribution in [2.24, 2.45) is 0 Å². The molecule has 4 aromatic rings. The molecule has 0 saturated carbocycles. The first kappa shape index (κ1) is 18.6. The number of aromatic nitrogens is 2. The monoisotopic (exact) mass is 389 g/mol. The number of para-hydroxylation sites is 1. The summed E-state index contributed by atoms with van der Waals surface area (Å²) in [5.74, 6) is -1.93. The minimum atomic E-state index is -0.715. The van der Waals surface area contributed by atoms with Crippen LogP contribution in [0.1, 0.15) is 15.9 Å². The predicted molar refractivity (Wildman–Crippen MR) is 108 cm³/mol. The number of nitrogens with zero attached hydrogens (tertiary/aromatic N) is 2. The van der Waals surface area contributed by atoms with Gasteiger partial charge in [-0.05, 0) is 36.8 Å². The lowest BCUT2D eigenvalue weighted by Gasteiger charge is -2.08. The van der Waals surface area contributed by atoms with Crippen LogP contribution in [0.4, 0.5) is 14.5 Å². The summed E-state index contributed by atoms with van der Waals surface area (Å²) >= 11 is 0. The molecule has 1 aromatic heterocycles. The van der Waals surface area contributed by atoms with Gasteiger partial charge in [-0.25, -0.2) is 13.5 Å². The molecular weight excluding hydrogens is 372 g/mol. The van der Waals surface area contributed by atoms with E-state index in [-0.39, 0.29) is 11.3 Å². The maximum absolute atomic E-state index is 14.0. The molecule has 6 heteroatoms. The Hall–Kier alpha value is -3.80. The van der Waals surface area contributed by atoms with Crippen molar-refractivity contribution in [3.8, 4) is 16.9 Å². The van der Waals surface area contributed by atoms with Gasteiger partial charge < -0.3 is 5.32 Å². The number of rotatable bonds is 4. The number of halogens is 2. The number of carbonyl (C=O) groups is 1. The van der Waals surface area contributed by atoms with Crippen LogP contribution < -0.4 is 5.32 Å². The number of anilines is 1. The Kier molecular flexibility index (Phi) is 4.91. The molecule has 0 bridgehead atoms. The number of hydrogen-bond donors (Lipinski definition) is 1. The molecule has 0 spiro atoms. The maximum Gasteiger partial charge on any atom is 0.259 e. The average Bonchev–Trinajstić information content (AvgIpc) is 3.17. The summed E-state index contributed by atoms with van der Waals surface area (Å²) in [5, 5.41) is 7.06. The Morgan fingerprint density at radius 1 is 0.966 bits per heavy atom. The van der Waals surface area contributed by atoms with E-state index in [9.17, 15) is 13.6 Å². The molecule has 144 valence electrons. The van der Waals surface area contributed by atoms with E-state index in [1.165, 1.54) is 0 Å². The lowest BCUT2D eigenvalue weighted by molar-refractivity contribution is 0.102. The summed E-state index contributed by atoms with van der Waals surface area (Å²) in [6.07, 6.45) is 1.59. The van der Waals surface area contributed by atoms with Crippen LogP contribution in [0.25, 0.3) is 16.9 Å². The molecule has 1 N–H and O–H groups in total. The fourth-order valence-corrected chi connectivity index (χ4v) is 3.07. The van der Waals surface area contributed by atoms with Gasteiger partial charge in [0.25, 0.3) is 5.91 Å². The highest BCUT2D eigenvalue weighted by molar-refractivity contribution is 6.08. The van der Waals surface area contributed by atoms with Crippen molar-refractivity contribution in [1.82, 2.24) is 9.78 Å². The van der Waals surface area contributed by atoms with Gasteiger partial charge in [0.2, 0.25) is 0 Å². The van der Waals surface area contributed by atoms with E-state index in [4.69, 9.17) is 0 Å². The largest absolute Gasteiger partial charge is 0.319 e. The van der Waals surface area contributed by atoms with Gasteiger partial charge in [0.1, 0.15) is 17.3 Å². The Balaban J connectivity index is 1.80. The van der Waals surface area contributed by atoms with Crippen LogP contribution >= 0.6 is 0 Å². The molecule has 0 fully saturated rings. The summed E-state index contributed by atoms with van der Waals surface area (Å²) in [7, 11) is 0. The smallest absolute Gasteiger partial charge is 0.259 e. The lowest BCUT2D eigenvalue weighted by atomic mass is 10.0. The van der Waals surface area contributed by atoms with Gasteiger partial charge in [0.15, 0.2) is 0 Å². The second-order valence-corrected chi connectivity index (χ2v) is 6.56. The third kappa shape index (κ3) is 3.78. The zero-order valence-electron chi connectivity index (χ0n) is 15.6. The van der Waals surface area contributed by atoms with Gasteiger partial charge in [-0.3, -0.25) is 4.79 Å². The number of benzene rings is 3. The number of aryl methyl sites for hydroxylation is 1. The van der Waals surface area contributed by atoms with Crippen molar-refractivity contribution in [2.45, 2.75) is 6.92 Å². The first-order valence-electron chi connectivity index (χ1n) is 9.00. The van der Waals surface area contributed by atoms with Crippen LogP contribution in [-0.2, 0) is 0 Å². The van der Waals surface area contributed by atoms with E-state index in [2.05, 4.69) is 10.4 Å². The van der Waals surface area contributed by atoms with Gasteiger partial charge in [0.05, 0.1) is 16.9 Å². The molecule has 4 rings (SSSR count). The van der Waals surface area contributed by atoms with E-state index in [1.807, 2.05) is 61.5 Å². The van der Waals surface area contributed by atoms with Gasteiger partial charge in [0, 0.05) is 17.8 Å². The first-order chi connectivity index (χ1) is 14.0. The van der Waals surface area contributed by atoms with Crippen molar-refractivity contribution in [3.05, 3.63) is 102 Å². The average molecular weight is 389 g/mol. The van der Waals surface area contributed by atoms with E-state index >= 15 is 0 Å². The number of amides is 1. The number of hydrogen-bond acceptors (Lipinski definition) is 2. The summed E-state index contributed by atoms with van der Waals surface area (Å²) < 4.78 is 29.1. The van der Waals surface area contributed by atoms with E-state index in [1.54, 1.807) is 10.9 Å². The minimum absolute atomic E-state index is 0.224. The van der Waals surface area contributed by atoms with Crippen LogP contribution in [0.5, 0.6) is 0 Å². The van der Waals surface area contributed by atoms with Crippen molar-refractivity contribution >= 4 is 11.6 Å². The molecule has 1 heterocycles. The van der Waals surface area contributed by atoms with Crippen LogP contribution in [0.2, 0.25) is 0 Å². The molecule has 0 aliphatic heterocycles. The Labute approximate surface area is 166 Å². The Morgan fingerprint density at radius 2 is 1.69 bits per heavy atom. The highest BCUT2D eigenvalue weighted by Crippen LogP contribution is 2.28. The molecule has 0 unspecified atom stereocenters. The fourth-order valence-electron chi connectivity index (χ4n) is 3.07. The molecule has 3 aromatic carbocycles. The fraction of sp³-hybridized carbons (Fsp3) is 0.0435. The van der Waals surface area contributed by atoms with Crippen LogP contribution in [0, 0.1) is 18.6 Å². The number of nitrogens with one attached hydrogen (secondary N) is 1. The summed E-state index contributed by atoms with van der Waals surface area (Å²) in [5.41, 5.74) is 2.99. The Morgan fingerprint density at radius 3 is 2.45 bits per heavy atom. The van der Waals surface area contributed by atoms with E-state index < -0.39 is 17.5 Å². The van der Waals surface area contributed by atoms with Gasteiger partial charge >= 0.3 is 0 Å². The topological polar surface area (TPSA) is 46.9 Å². The molecule has 0 saturated heterocycles. The van der Waals surface area contributed by atoms with E-state index in [0.29, 0.717) is 5.69 Å². The van der Waals surface area contributed by atoms with Gasteiger partial charge in [-0.15, -0.1) is 0 Å². The second-order valence-electron chi connectivity index (χ2n) is 6.56. The zero-order chi connectivity index (χ0) is 20.4. The van der Waals surface area contributed by atoms with Gasteiger partial charge in [-0.1, -0.05) is 42.5 Å². The second kappa shape index (κ2) is 7.67. The molecule has 0 aliphatic rings. The predicted octanol–water partition coefficient (Wildman–Crippen LogP) is 5.38. The van der Waals surface area contributed by atoms with Crippen LogP contribution in [0.3, 0.4) is 0 Å². The summed E-state index contributed by atoms with van der Waals surface area (Å²) in [6, 6.07) is 19.8. The zero-order valence-corrected chi connectivity index (χ0v) is 15.6. The van der Waals surface area contributed by atoms with Crippen molar-refractivity contribution in [3.63, 3.8) is 0 Å². The molecule has 0 radical (unpaired) electrons. The summed E-state index contributed by atoms with van der Waals surface area (Å²) in [6.45, 7) is 1.92. The highest BCUT2D eigenvalue weighted by Gasteiger charge is 2.21. The highest BCUT2D eigenvalue weighted by atomic mass is 19.1. The molecule has 0 atom stereocenters. The van der Waals surface area contributed by atoms with Crippen LogP contribution in [-0.4, -0.2) is 15.7 Å². The Bertz CT molecular complexity index is 1190. The van der Waals surface area contributed by atoms with Crippen LogP contribution in [0.15, 0.2) is 79.0 Å². The van der Waals surface area contributed by atoms with Crippen molar-refractivity contribution < 1.29 is 13.6 Å². The molecule has 0 aliphatic carbocycles. The standard InChI is InChI=1S/C23H17F2N3O/c1-15-7-5-6-10-18(15)22-19(14-28(27-22)17-8-3-2-4-9-17)23(29)26-21-13-16(24)11-12-20(21)25/h2-14H,1H3,(H,26,29). The normalized spacial score (nSPS) is 10.7. The van der Waals surface area contributed by atoms with E-state index in [0.717, 1.165) is 35.0 Å². The van der Waals surface area contributed by atoms with Crippen molar-refractivity contribution in [2.75, 3.05) is 5.32 Å². The van der Waals surface area contributed by atoms with Crippen molar-refractivity contribution in [1.29, 1.82) is 0 Å². The first-order valence-corrected chi connectivity index (χ1v) is 9.00. The lowest BCUT2D eigenvalue weighted by Crippen LogP contribution is -2.13. The molecular formula is C23H17F2N3O. The third-order valence-corrected chi connectivity index (χ3v) is 4.56.